The van der Waals surface area contributed by atoms with Crippen LogP contribution in [0.4, 0.5) is 0 Å². The second kappa shape index (κ2) is 7.32. The molecule has 0 radical (unpaired) electrons. The Bertz CT molecular complexity index is 1130. The Labute approximate surface area is 165 Å². The van der Waals surface area contributed by atoms with Crippen molar-refractivity contribution in [3.05, 3.63) is 65.3 Å². The van der Waals surface area contributed by atoms with Crippen molar-refractivity contribution in [2.24, 2.45) is 0 Å². The van der Waals surface area contributed by atoms with Gasteiger partial charge in [-0.2, -0.15) is 0 Å². The Balaban J connectivity index is 2.01. The largest absolute Gasteiger partial charge is 0.497 e. The number of aromatic nitrogens is 3. The number of rotatable bonds is 4. The molecular formula is C21H16BrN3O2. The van der Waals surface area contributed by atoms with Gasteiger partial charge in [-0.15, -0.1) is 0 Å². The molecule has 4 rings (SSSR count). The molecule has 0 saturated carbocycles. The number of ether oxygens (including phenoxy) is 2. The fourth-order valence-electron chi connectivity index (χ4n) is 2.87. The fourth-order valence-corrected chi connectivity index (χ4v) is 3.18. The zero-order valence-electron chi connectivity index (χ0n) is 14.8. The summed E-state index contributed by atoms with van der Waals surface area (Å²) in [5, 5.41) is 0. The maximum absolute atomic E-state index is 5.38. The van der Waals surface area contributed by atoms with Crippen LogP contribution in [-0.2, 0) is 0 Å². The van der Waals surface area contributed by atoms with Gasteiger partial charge in [0.05, 0.1) is 25.6 Å². The van der Waals surface area contributed by atoms with Gasteiger partial charge in [-0.1, -0.05) is 24.3 Å². The van der Waals surface area contributed by atoms with Gasteiger partial charge in [0.2, 0.25) is 0 Å². The first-order valence-electron chi connectivity index (χ1n) is 8.30. The van der Waals surface area contributed by atoms with Crippen LogP contribution in [0.5, 0.6) is 11.5 Å². The highest BCUT2D eigenvalue weighted by molar-refractivity contribution is 9.10. The van der Waals surface area contributed by atoms with Gasteiger partial charge in [0.15, 0.2) is 5.65 Å². The van der Waals surface area contributed by atoms with Crippen molar-refractivity contribution in [3.8, 4) is 34.0 Å². The highest BCUT2D eigenvalue weighted by atomic mass is 79.9. The van der Waals surface area contributed by atoms with Crippen LogP contribution in [0.2, 0.25) is 0 Å². The molecule has 134 valence electrons. The molecule has 0 N–H and O–H groups in total. The quantitative estimate of drug-likeness (QED) is 0.456. The first kappa shape index (κ1) is 17.4. The molecule has 2 aromatic carbocycles. The second-order valence-corrected chi connectivity index (χ2v) is 6.80. The summed E-state index contributed by atoms with van der Waals surface area (Å²) in [5.41, 5.74) is 4.63. The van der Waals surface area contributed by atoms with Crippen molar-refractivity contribution >= 4 is 27.1 Å². The smallest absolute Gasteiger partial charge is 0.178 e. The van der Waals surface area contributed by atoms with Crippen LogP contribution < -0.4 is 9.47 Å². The summed E-state index contributed by atoms with van der Waals surface area (Å²) in [4.78, 5) is 14.1. The van der Waals surface area contributed by atoms with Gasteiger partial charge < -0.3 is 9.47 Å². The third-order valence-electron chi connectivity index (χ3n) is 4.17. The lowest BCUT2D eigenvalue weighted by atomic mass is 10.0. The lowest BCUT2D eigenvalue weighted by Gasteiger charge is -2.12. The monoisotopic (exact) mass is 421 g/mol. The van der Waals surface area contributed by atoms with Crippen LogP contribution in [-0.4, -0.2) is 29.2 Å². The Morgan fingerprint density at radius 3 is 1.96 bits per heavy atom. The molecule has 0 spiro atoms. The topological polar surface area (TPSA) is 57.1 Å². The predicted molar refractivity (Wildman–Crippen MR) is 109 cm³/mol. The Morgan fingerprint density at radius 2 is 1.37 bits per heavy atom. The standard InChI is InChI=1S/C21H16BrN3O2/c1-26-16-7-3-5-13(9-16)19-20(14-6-4-8-17(10-14)27-2)25-21-18(24-19)11-15(22)12-23-21/h3-12H,1-2H3. The van der Waals surface area contributed by atoms with E-state index in [1.807, 2.05) is 54.6 Å². The average Bonchev–Trinajstić information content (AvgIpc) is 2.72. The van der Waals surface area contributed by atoms with Crippen LogP contribution in [0.3, 0.4) is 0 Å². The van der Waals surface area contributed by atoms with Gasteiger partial charge in [-0.05, 0) is 46.3 Å². The van der Waals surface area contributed by atoms with E-state index in [0.717, 1.165) is 38.5 Å². The maximum Gasteiger partial charge on any atom is 0.178 e. The third-order valence-corrected chi connectivity index (χ3v) is 4.61. The first-order valence-corrected chi connectivity index (χ1v) is 9.09. The molecule has 0 atom stereocenters. The summed E-state index contributed by atoms with van der Waals surface area (Å²) in [6.07, 6.45) is 1.72. The molecule has 0 saturated heterocycles. The molecule has 0 bridgehead atoms. The van der Waals surface area contributed by atoms with Crippen molar-refractivity contribution in [2.75, 3.05) is 14.2 Å². The van der Waals surface area contributed by atoms with E-state index in [1.54, 1.807) is 20.4 Å². The van der Waals surface area contributed by atoms with Crippen LogP contribution in [0.25, 0.3) is 33.7 Å². The van der Waals surface area contributed by atoms with E-state index in [2.05, 4.69) is 20.9 Å². The molecule has 27 heavy (non-hydrogen) atoms. The molecule has 2 aromatic heterocycles. The molecule has 4 aromatic rings. The van der Waals surface area contributed by atoms with Crippen molar-refractivity contribution < 1.29 is 9.47 Å². The van der Waals surface area contributed by atoms with Crippen molar-refractivity contribution in [1.82, 2.24) is 15.0 Å². The minimum atomic E-state index is 0.586. The number of pyridine rings is 1. The van der Waals surface area contributed by atoms with Crippen LogP contribution in [0.15, 0.2) is 65.3 Å². The van der Waals surface area contributed by atoms with Gasteiger partial charge in [0.1, 0.15) is 17.0 Å². The second-order valence-electron chi connectivity index (χ2n) is 5.88. The minimum Gasteiger partial charge on any atom is -0.497 e. The van der Waals surface area contributed by atoms with Gasteiger partial charge in [0.25, 0.3) is 0 Å². The summed E-state index contributed by atoms with van der Waals surface area (Å²) in [7, 11) is 3.29. The van der Waals surface area contributed by atoms with E-state index in [-0.39, 0.29) is 0 Å². The normalized spacial score (nSPS) is 10.8. The van der Waals surface area contributed by atoms with Crippen LogP contribution in [0, 0.1) is 0 Å². The molecule has 0 amide bonds. The van der Waals surface area contributed by atoms with E-state index in [4.69, 9.17) is 19.4 Å². The van der Waals surface area contributed by atoms with Crippen LogP contribution in [0.1, 0.15) is 0 Å². The highest BCUT2D eigenvalue weighted by Crippen LogP contribution is 2.33. The SMILES string of the molecule is COc1cccc(-c2nc3cc(Br)cnc3nc2-c2cccc(OC)c2)c1. The van der Waals surface area contributed by atoms with Crippen molar-refractivity contribution in [3.63, 3.8) is 0 Å². The van der Waals surface area contributed by atoms with E-state index in [9.17, 15) is 0 Å². The fraction of sp³-hybridized carbons (Fsp3) is 0.0952. The van der Waals surface area contributed by atoms with E-state index in [0.29, 0.717) is 11.2 Å². The average molecular weight is 422 g/mol. The maximum atomic E-state index is 5.38. The van der Waals surface area contributed by atoms with Crippen molar-refractivity contribution in [1.29, 1.82) is 0 Å². The Morgan fingerprint density at radius 1 is 0.778 bits per heavy atom. The molecule has 0 fully saturated rings. The minimum absolute atomic E-state index is 0.586. The molecular weight excluding hydrogens is 406 g/mol. The molecule has 0 aliphatic carbocycles. The summed E-state index contributed by atoms with van der Waals surface area (Å²) < 4.78 is 11.6. The van der Waals surface area contributed by atoms with E-state index >= 15 is 0 Å². The van der Waals surface area contributed by atoms with Gasteiger partial charge in [-0.3, -0.25) is 0 Å². The summed E-state index contributed by atoms with van der Waals surface area (Å²) in [6, 6.07) is 17.5. The molecule has 6 heteroatoms. The lowest BCUT2D eigenvalue weighted by molar-refractivity contribution is 0.415. The predicted octanol–water partition coefficient (Wildman–Crippen LogP) is 5.14. The number of fused-ring (bicyclic) bond motifs is 1. The summed E-state index contributed by atoms with van der Waals surface area (Å²) in [5.74, 6) is 1.52. The number of hydrogen-bond acceptors (Lipinski definition) is 5. The summed E-state index contributed by atoms with van der Waals surface area (Å²) >= 11 is 3.45. The molecule has 0 aliphatic heterocycles. The van der Waals surface area contributed by atoms with Gasteiger partial charge >= 0.3 is 0 Å². The molecule has 0 aliphatic rings. The first-order chi connectivity index (χ1) is 13.2. The van der Waals surface area contributed by atoms with Gasteiger partial charge in [0, 0.05) is 21.8 Å². The Kier molecular flexibility index (Phi) is 4.73. The highest BCUT2D eigenvalue weighted by Gasteiger charge is 2.15. The zero-order chi connectivity index (χ0) is 18.8. The lowest BCUT2D eigenvalue weighted by Crippen LogP contribution is -1.97. The Hall–Kier alpha value is -2.99. The van der Waals surface area contributed by atoms with Crippen molar-refractivity contribution in [2.45, 2.75) is 0 Å². The third kappa shape index (κ3) is 3.48. The molecule has 5 nitrogen and oxygen atoms in total. The number of halogens is 1. The van der Waals surface area contributed by atoms with E-state index in [1.165, 1.54) is 0 Å². The number of methoxy groups -OCH3 is 2. The summed E-state index contributed by atoms with van der Waals surface area (Å²) in [6.45, 7) is 0. The number of nitrogens with zero attached hydrogens (tertiary/aromatic N) is 3. The van der Waals surface area contributed by atoms with E-state index < -0.39 is 0 Å². The number of hydrogen-bond donors (Lipinski definition) is 0. The number of benzene rings is 2. The molecule has 0 unspecified atom stereocenters. The zero-order valence-corrected chi connectivity index (χ0v) is 16.4. The molecule has 2 heterocycles. The van der Waals surface area contributed by atoms with Gasteiger partial charge in [-0.25, -0.2) is 15.0 Å². The van der Waals surface area contributed by atoms with Crippen LogP contribution >= 0.6 is 15.9 Å².